The van der Waals surface area contributed by atoms with Gasteiger partial charge in [0, 0.05) is 5.02 Å². The van der Waals surface area contributed by atoms with Crippen LogP contribution in [0.2, 0.25) is 5.02 Å². The average Bonchev–Trinajstić information content (AvgIpc) is 2.27. The Hall–Kier alpha value is -1.54. The molecular formula is C13H9ClFO. The summed E-state index contributed by atoms with van der Waals surface area (Å²) < 4.78 is 18.5. The average molecular weight is 236 g/mol. The summed E-state index contributed by atoms with van der Waals surface area (Å²) in [5.41, 5.74) is 0.706. The molecule has 0 aromatic heterocycles. The summed E-state index contributed by atoms with van der Waals surface area (Å²) in [6, 6.07) is 14.3. The zero-order chi connectivity index (χ0) is 11.4. The SMILES string of the molecule is Fc1cc(Cl)cc(COc2cc[c]cc2)c1. The molecule has 0 spiro atoms. The molecule has 0 heterocycles. The zero-order valence-corrected chi connectivity index (χ0v) is 9.17. The summed E-state index contributed by atoms with van der Waals surface area (Å²) in [5, 5.41) is 0.375. The first-order valence-corrected chi connectivity index (χ1v) is 5.16. The van der Waals surface area contributed by atoms with Crippen LogP contribution in [-0.2, 0) is 6.61 Å². The van der Waals surface area contributed by atoms with Crippen LogP contribution in [0.3, 0.4) is 0 Å². The van der Waals surface area contributed by atoms with Gasteiger partial charge in [0.2, 0.25) is 0 Å². The molecule has 0 aliphatic carbocycles. The minimum Gasteiger partial charge on any atom is -0.489 e. The normalized spacial score (nSPS) is 10.1. The third kappa shape index (κ3) is 2.97. The second kappa shape index (κ2) is 4.99. The third-order valence-corrected chi connectivity index (χ3v) is 2.23. The Morgan fingerprint density at radius 2 is 1.94 bits per heavy atom. The summed E-state index contributed by atoms with van der Waals surface area (Å²) >= 11 is 5.73. The predicted molar refractivity (Wildman–Crippen MR) is 61.0 cm³/mol. The van der Waals surface area contributed by atoms with Crippen LogP contribution >= 0.6 is 11.6 Å². The van der Waals surface area contributed by atoms with E-state index in [1.165, 1.54) is 12.1 Å². The number of halogens is 2. The molecule has 0 aliphatic heterocycles. The van der Waals surface area contributed by atoms with E-state index in [0.717, 1.165) is 5.75 Å². The highest BCUT2D eigenvalue weighted by Crippen LogP contribution is 2.16. The lowest BCUT2D eigenvalue weighted by atomic mass is 10.2. The van der Waals surface area contributed by atoms with Crippen molar-refractivity contribution < 1.29 is 9.13 Å². The van der Waals surface area contributed by atoms with Crippen LogP contribution in [0.15, 0.2) is 42.5 Å². The second-order valence-electron chi connectivity index (χ2n) is 3.30. The molecule has 0 saturated heterocycles. The molecule has 1 radical (unpaired) electrons. The monoisotopic (exact) mass is 235 g/mol. The van der Waals surface area contributed by atoms with Crippen molar-refractivity contribution in [1.29, 1.82) is 0 Å². The molecule has 16 heavy (non-hydrogen) atoms. The minimum absolute atomic E-state index is 0.293. The van der Waals surface area contributed by atoms with E-state index in [9.17, 15) is 4.39 Å². The minimum atomic E-state index is -0.354. The fourth-order valence-corrected chi connectivity index (χ4v) is 1.57. The smallest absolute Gasteiger partial charge is 0.125 e. The zero-order valence-electron chi connectivity index (χ0n) is 8.41. The second-order valence-corrected chi connectivity index (χ2v) is 3.74. The van der Waals surface area contributed by atoms with Crippen LogP contribution in [0.5, 0.6) is 5.75 Å². The van der Waals surface area contributed by atoms with E-state index >= 15 is 0 Å². The summed E-state index contributed by atoms with van der Waals surface area (Å²) in [6.45, 7) is 0.293. The van der Waals surface area contributed by atoms with Crippen molar-refractivity contribution in [2.45, 2.75) is 6.61 Å². The Kier molecular flexibility index (Phi) is 3.42. The summed E-state index contributed by atoms with van der Waals surface area (Å²) in [5.74, 6) is 0.367. The van der Waals surface area contributed by atoms with Crippen molar-refractivity contribution in [3.8, 4) is 5.75 Å². The maximum Gasteiger partial charge on any atom is 0.125 e. The molecule has 0 saturated carbocycles. The Bertz CT molecular complexity index is 450. The third-order valence-electron chi connectivity index (χ3n) is 2.02. The molecule has 1 nitrogen and oxygen atoms in total. The van der Waals surface area contributed by atoms with E-state index in [-0.39, 0.29) is 5.82 Å². The largest absolute Gasteiger partial charge is 0.489 e. The van der Waals surface area contributed by atoms with Gasteiger partial charge in [-0.05, 0) is 42.0 Å². The molecule has 2 aromatic carbocycles. The molecule has 0 N–H and O–H groups in total. The van der Waals surface area contributed by atoms with Gasteiger partial charge in [0.1, 0.15) is 18.2 Å². The molecular weight excluding hydrogens is 227 g/mol. The first kappa shape index (κ1) is 11.0. The lowest BCUT2D eigenvalue weighted by molar-refractivity contribution is 0.305. The Labute approximate surface area is 98.4 Å². The van der Waals surface area contributed by atoms with Gasteiger partial charge in [0.15, 0.2) is 0 Å². The predicted octanol–water partition coefficient (Wildman–Crippen LogP) is 3.86. The Morgan fingerprint density at radius 1 is 1.19 bits per heavy atom. The van der Waals surface area contributed by atoms with Crippen molar-refractivity contribution in [1.82, 2.24) is 0 Å². The number of hydrogen-bond donors (Lipinski definition) is 0. The van der Waals surface area contributed by atoms with Crippen LogP contribution in [0.1, 0.15) is 5.56 Å². The van der Waals surface area contributed by atoms with E-state index in [0.29, 0.717) is 17.2 Å². The van der Waals surface area contributed by atoms with Gasteiger partial charge < -0.3 is 4.74 Å². The fourth-order valence-electron chi connectivity index (χ4n) is 1.33. The van der Waals surface area contributed by atoms with Gasteiger partial charge >= 0.3 is 0 Å². The molecule has 0 unspecified atom stereocenters. The van der Waals surface area contributed by atoms with Crippen LogP contribution in [0.4, 0.5) is 4.39 Å². The van der Waals surface area contributed by atoms with Crippen LogP contribution in [0.25, 0.3) is 0 Å². The highest BCUT2D eigenvalue weighted by molar-refractivity contribution is 6.30. The van der Waals surface area contributed by atoms with Gasteiger partial charge in [0.25, 0.3) is 0 Å². The first-order valence-electron chi connectivity index (χ1n) is 4.78. The summed E-state index contributed by atoms with van der Waals surface area (Å²) in [6.07, 6.45) is 0. The van der Waals surface area contributed by atoms with Crippen molar-refractivity contribution in [2.24, 2.45) is 0 Å². The van der Waals surface area contributed by atoms with Crippen LogP contribution < -0.4 is 4.74 Å². The molecule has 81 valence electrons. The van der Waals surface area contributed by atoms with Crippen molar-refractivity contribution in [3.63, 3.8) is 0 Å². The van der Waals surface area contributed by atoms with Gasteiger partial charge in [-0.1, -0.05) is 23.7 Å². The lowest BCUT2D eigenvalue weighted by Gasteiger charge is -2.06. The summed E-state index contributed by atoms with van der Waals surface area (Å²) in [7, 11) is 0. The van der Waals surface area contributed by atoms with E-state index in [1.54, 1.807) is 30.3 Å². The van der Waals surface area contributed by atoms with Gasteiger partial charge in [0.05, 0.1) is 0 Å². The number of ether oxygens (including phenoxy) is 1. The Morgan fingerprint density at radius 3 is 2.62 bits per heavy atom. The highest BCUT2D eigenvalue weighted by atomic mass is 35.5. The fraction of sp³-hybridized carbons (Fsp3) is 0.0769. The number of benzene rings is 2. The van der Waals surface area contributed by atoms with Crippen LogP contribution in [-0.4, -0.2) is 0 Å². The lowest BCUT2D eigenvalue weighted by Crippen LogP contribution is -1.95. The van der Waals surface area contributed by atoms with Crippen molar-refractivity contribution in [2.75, 3.05) is 0 Å². The van der Waals surface area contributed by atoms with Gasteiger partial charge in [-0.15, -0.1) is 0 Å². The van der Waals surface area contributed by atoms with Crippen molar-refractivity contribution >= 4 is 11.6 Å². The van der Waals surface area contributed by atoms with Gasteiger partial charge in [-0.3, -0.25) is 0 Å². The highest BCUT2D eigenvalue weighted by Gasteiger charge is 2.00. The van der Waals surface area contributed by atoms with Crippen LogP contribution in [0, 0.1) is 11.9 Å². The molecule has 0 aliphatic rings. The van der Waals surface area contributed by atoms with E-state index in [2.05, 4.69) is 6.07 Å². The quantitative estimate of drug-likeness (QED) is 0.785. The molecule has 0 fully saturated rings. The molecule has 3 heteroatoms. The number of hydrogen-bond acceptors (Lipinski definition) is 1. The first-order chi connectivity index (χ1) is 7.74. The topological polar surface area (TPSA) is 9.23 Å². The van der Waals surface area contributed by atoms with Crippen molar-refractivity contribution in [3.05, 3.63) is 64.9 Å². The summed E-state index contributed by atoms with van der Waals surface area (Å²) in [4.78, 5) is 0. The molecule has 2 aromatic rings. The Balaban J connectivity index is 2.05. The standard InChI is InChI=1S/C13H9ClFO/c14-11-6-10(7-12(15)8-11)9-16-13-4-2-1-3-5-13/h2-8H,9H2. The van der Waals surface area contributed by atoms with E-state index < -0.39 is 0 Å². The van der Waals surface area contributed by atoms with Gasteiger partial charge in [-0.2, -0.15) is 0 Å². The van der Waals surface area contributed by atoms with Gasteiger partial charge in [-0.25, -0.2) is 4.39 Å². The molecule has 0 bridgehead atoms. The maximum atomic E-state index is 13.0. The molecule has 2 rings (SSSR count). The molecule has 0 amide bonds. The van der Waals surface area contributed by atoms with E-state index in [4.69, 9.17) is 16.3 Å². The molecule has 0 atom stereocenters. The maximum absolute atomic E-state index is 13.0. The van der Waals surface area contributed by atoms with E-state index in [1.807, 2.05) is 0 Å². The number of rotatable bonds is 3.